The molecule has 0 aliphatic heterocycles. The van der Waals surface area contributed by atoms with Crippen molar-refractivity contribution in [2.24, 2.45) is 0 Å². The zero-order chi connectivity index (χ0) is 14.7. The van der Waals surface area contributed by atoms with Crippen molar-refractivity contribution in [2.45, 2.75) is 6.61 Å². The number of halogens is 2. The molecule has 104 valence electrons. The number of benzene rings is 2. The monoisotopic (exact) mass is 297 g/mol. The van der Waals surface area contributed by atoms with Gasteiger partial charge in [0.05, 0.1) is 17.6 Å². The first-order valence-electron chi connectivity index (χ1n) is 5.52. The molecule has 0 saturated carbocycles. The molecule has 0 amide bonds. The van der Waals surface area contributed by atoms with Crippen molar-refractivity contribution in [2.75, 3.05) is 0 Å². The van der Waals surface area contributed by atoms with Gasteiger partial charge in [0.1, 0.15) is 11.6 Å². The summed E-state index contributed by atoms with van der Waals surface area (Å²) in [7, 11) is 0. The molecule has 5 nitrogen and oxygen atoms in total. The molecule has 0 spiro atoms. The van der Waals surface area contributed by atoms with Crippen molar-refractivity contribution in [3.8, 4) is 11.5 Å². The molecule has 1 N–H and O–H groups in total. The molecule has 7 heteroatoms. The average Bonchev–Trinajstić information content (AvgIpc) is 2.41. The third kappa shape index (κ3) is 3.04. The summed E-state index contributed by atoms with van der Waals surface area (Å²) in [6, 6.07) is 7.46. The molecule has 2 aromatic rings. The molecule has 2 aromatic carbocycles. The Morgan fingerprint density at radius 3 is 2.65 bits per heavy atom. The van der Waals surface area contributed by atoms with E-state index in [1.807, 2.05) is 0 Å². The van der Waals surface area contributed by atoms with Crippen LogP contribution in [0.3, 0.4) is 0 Å². The first-order chi connectivity index (χ1) is 9.51. The van der Waals surface area contributed by atoms with Crippen LogP contribution in [0.25, 0.3) is 0 Å². The Hall–Kier alpha value is -2.18. The van der Waals surface area contributed by atoms with Gasteiger partial charge in [-0.1, -0.05) is 17.7 Å². The van der Waals surface area contributed by atoms with Crippen LogP contribution in [0, 0.1) is 15.9 Å². The molecule has 2 rings (SSSR count). The molecular formula is C13H9ClFNO4. The maximum atomic E-state index is 13.0. The second kappa shape index (κ2) is 5.85. The largest absolute Gasteiger partial charge is 0.450 e. The summed E-state index contributed by atoms with van der Waals surface area (Å²) in [4.78, 5) is 10.1. The van der Waals surface area contributed by atoms with E-state index in [-0.39, 0.29) is 18.1 Å². The highest BCUT2D eigenvalue weighted by Gasteiger charge is 2.18. The van der Waals surface area contributed by atoms with Crippen LogP contribution in [0.4, 0.5) is 10.1 Å². The van der Waals surface area contributed by atoms with Gasteiger partial charge in [0, 0.05) is 10.6 Å². The fourth-order valence-corrected chi connectivity index (χ4v) is 1.75. The van der Waals surface area contributed by atoms with Crippen molar-refractivity contribution < 1.29 is 19.2 Å². The van der Waals surface area contributed by atoms with Crippen LogP contribution in [0.5, 0.6) is 11.5 Å². The summed E-state index contributed by atoms with van der Waals surface area (Å²) < 4.78 is 18.4. The van der Waals surface area contributed by atoms with Crippen LogP contribution in [0.15, 0.2) is 36.4 Å². The molecule has 0 aromatic heterocycles. The van der Waals surface area contributed by atoms with Crippen LogP contribution in [-0.2, 0) is 6.61 Å². The normalized spacial score (nSPS) is 10.3. The first kappa shape index (κ1) is 14.2. The quantitative estimate of drug-likeness (QED) is 0.690. The van der Waals surface area contributed by atoms with E-state index in [1.54, 1.807) is 6.07 Å². The van der Waals surface area contributed by atoms with Crippen LogP contribution in [-0.4, -0.2) is 10.0 Å². The van der Waals surface area contributed by atoms with Crippen molar-refractivity contribution in [3.63, 3.8) is 0 Å². The molecule has 0 aliphatic carbocycles. The highest BCUT2D eigenvalue weighted by molar-refractivity contribution is 6.30. The van der Waals surface area contributed by atoms with Gasteiger partial charge in [0.15, 0.2) is 0 Å². The predicted octanol–water partition coefficient (Wildman–Crippen LogP) is 3.67. The number of nitro benzene ring substituents is 1. The van der Waals surface area contributed by atoms with E-state index in [0.29, 0.717) is 10.6 Å². The van der Waals surface area contributed by atoms with Gasteiger partial charge in [-0.3, -0.25) is 10.1 Å². The van der Waals surface area contributed by atoms with Crippen LogP contribution >= 0.6 is 11.6 Å². The fourth-order valence-electron chi connectivity index (χ4n) is 1.59. The number of rotatable bonds is 4. The van der Waals surface area contributed by atoms with Crippen LogP contribution in [0.2, 0.25) is 5.02 Å². The molecule has 0 heterocycles. The zero-order valence-electron chi connectivity index (χ0n) is 10.0. The topological polar surface area (TPSA) is 72.6 Å². The number of hydrogen-bond acceptors (Lipinski definition) is 4. The summed E-state index contributed by atoms with van der Waals surface area (Å²) in [5.41, 5.74) is -0.0955. The molecule has 0 fully saturated rings. The smallest absolute Gasteiger partial charge is 0.314 e. The van der Waals surface area contributed by atoms with E-state index in [2.05, 4.69) is 0 Å². The average molecular weight is 298 g/mol. The Bertz CT molecular complexity index is 663. The predicted molar refractivity (Wildman–Crippen MR) is 70.5 cm³/mol. The van der Waals surface area contributed by atoms with Crippen molar-refractivity contribution in [3.05, 3.63) is 62.9 Å². The molecule has 0 unspecified atom stereocenters. The van der Waals surface area contributed by atoms with Gasteiger partial charge in [-0.2, -0.15) is 0 Å². The van der Waals surface area contributed by atoms with Gasteiger partial charge in [0.25, 0.3) is 0 Å². The Labute approximate surface area is 118 Å². The van der Waals surface area contributed by atoms with E-state index in [1.165, 1.54) is 12.1 Å². The maximum absolute atomic E-state index is 13.0. The lowest BCUT2D eigenvalue weighted by Crippen LogP contribution is -1.96. The summed E-state index contributed by atoms with van der Waals surface area (Å²) >= 11 is 5.81. The van der Waals surface area contributed by atoms with Crippen molar-refractivity contribution in [1.82, 2.24) is 0 Å². The second-order valence-corrected chi connectivity index (χ2v) is 4.32. The van der Waals surface area contributed by atoms with Crippen LogP contribution < -0.4 is 4.74 Å². The van der Waals surface area contributed by atoms with Crippen molar-refractivity contribution >= 4 is 17.3 Å². The number of hydrogen-bond donors (Lipinski definition) is 1. The molecule has 20 heavy (non-hydrogen) atoms. The highest BCUT2D eigenvalue weighted by atomic mass is 35.5. The SMILES string of the molecule is O=[N+]([O-])c1cc(F)ccc1Oc1cc(Cl)ccc1CO. The lowest BCUT2D eigenvalue weighted by atomic mass is 10.2. The summed E-state index contributed by atoms with van der Waals surface area (Å²) in [6.45, 7) is -0.318. The number of ether oxygens (including phenoxy) is 1. The first-order valence-corrected chi connectivity index (χ1v) is 5.90. The zero-order valence-corrected chi connectivity index (χ0v) is 10.8. The van der Waals surface area contributed by atoms with Crippen molar-refractivity contribution in [1.29, 1.82) is 0 Å². The van der Waals surface area contributed by atoms with Gasteiger partial charge in [0.2, 0.25) is 5.75 Å². The summed E-state index contributed by atoms with van der Waals surface area (Å²) in [6.07, 6.45) is 0. The van der Waals surface area contributed by atoms with E-state index in [0.717, 1.165) is 18.2 Å². The van der Waals surface area contributed by atoms with Gasteiger partial charge < -0.3 is 9.84 Å². The number of aliphatic hydroxyl groups excluding tert-OH is 1. The lowest BCUT2D eigenvalue weighted by molar-refractivity contribution is -0.385. The fraction of sp³-hybridized carbons (Fsp3) is 0.0769. The second-order valence-electron chi connectivity index (χ2n) is 3.88. The lowest BCUT2D eigenvalue weighted by Gasteiger charge is -2.10. The molecule has 0 bridgehead atoms. The number of nitrogens with zero attached hydrogens (tertiary/aromatic N) is 1. The van der Waals surface area contributed by atoms with Gasteiger partial charge in [-0.05, 0) is 24.3 Å². The molecule has 0 saturated heterocycles. The van der Waals surface area contributed by atoms with E-state index in [4.69, 9.17) is 16.3 Å². The standard InChI is InChI=1S/C13H9ClFNO4/c14-9-2-1-8(7-17)13(5-9)20-12-4-3-10(15)6-11(12)16(18)19/h1-6,17H,7H2. The van der Waals surface area contributed by atoms with Crippen LogP contribution in [0.1, 0.15) is 5.56 Å². The van der Waals surface area contributed by atoms with Gasteiger partial charge in [-0.25, -0.2) is 4.39 Å². The third-order valence-electron chi connectivity index (χ3n) is 2.54. The molecule has 0 aliphatic rings. The van der Waals surface area contributed by atoms with Gasteiger partial charge in [-0.15, -0.1) is 0 Å². The Kier molecular flexibility index (Phi) is 4.16. The molecule has 0 radical (unpaired) electrons. The minimum Gasteiger partial charge on any atom is -0.450 e. The summed E-state index contributed by atoms with van der Waals surface area (Å²) in [5.74, 6) is -0.694. The molecule has 0 atom stereocenters. The maximum Gasteiger partial charge on any atom is 0.314 e. The van der Waals surface area contributed by atoms with E-state index < -0.39 is 16.4 Å². The highest BCUT2D eigenvalue weighted by Crippen LogP contribution is 2.34. The third-order valence-corrected chi connectivity index (χ3v) is 2.77. The minimum absolute atomic E-state index is 0.131. The van der Waals surface area contributed by atoms with E-state index >= 15 is 0 Å². The minimum atomic E-state index is -0.748. The Morgan fingerprint density at radius 1 is 1.25 bits per heavy atom. The molecular weight excluding hydrogens is 289 g/mol. The van der Waals surface area contributed by atoms with E-state index in [9.17, 15) is 19.6 Å². The number of nitro groups is 1. The Balaban J connectivity index is 2.44. The van der Waals surface area contributed by atoms with Gasteiger partial charge >= 0.3 is 5.69 Å². The number of aliphatic hydroxyl groups is 1. The Morgan fingerprint density at radius 2 is 2.00 bits per heavy atom. The summed E-state index contributed by atoms with van der Waals surface area (Å²) in [5, 5.41) is 20.4.